The summed E-state index contributed by atoms with van der Waals surface area (Å²) in [6.07, 6.45) is 0. The summed E-state index contributed by atoms with van der Waals surface area (Å²) in [7, 11) is 0. The van der Waals surface area contributed by atoms with Crippen LogP contribution in [0.1, 0.15) is 29.5 Å². The summed E-state index contributed by atoms with van der Waals surface area (Å²) in [5.41, 5.74) is 2.55. The van der Waals surface area contributed by atoms with E-state index in [9.17, 15) is 10.0 Å². The first-order valence-corrected chi connectivity index (χ1v) is 6.24. The number of rotatable bonds is 4. The molecule has 0 bridgehead atoms. The van der Waals surface area contributed by atoms with E-state index in [1.807, 2.05) is 30.3 Å². The molecule has 4 nitrogen and oxygen atoms in total. The van der Waals surface area contributed by atoms with Crippen LogP contribution in [-0.2, 0) is 4.79 Å². The van der Waals surface area contributed by atoms with Gasteiger partial charge >= 0.3 is 5.97 Å². The first-order chi connectivity index (χ1) is 9.63. The number of carboxylic acid groups (broad SMARTS) is 1. The minimum absolute atomic E-state index is 0.421. The standard InChI is InChI=1S/C16H15NO3/c1-11(16(18)19)13-8-5-9-14(10-13)15(17-20)12-6-3-2-4-7-12/h2-11,20H,1H3,(H,18,19)/b17-15+/t11-/m0/s1. The van der Waals surface area contributed by atoms with E-state index in [1.54, 1.807) is 31.2 Å². The summed E-state index contributed by atoms with van der Waals surface area (Å²) in [5.74, 6) is -1.49. The van der Waals surface area contributed by atoms with Gasteiger partial charge in [0.15, 0.2) is 0 Å². The number of aliphatic carboxylic acids is 1. The van der Waals surface area contributed by atoms with Crippen LogP contribution in [0.2, 0.25) is 0 Å². The molecule has 2 aromatic rings. The highest BCUT2D eigenvalue weighted by molar-refractivity contribution is 6.12. The molecule has 0 amide bonds. The van der Waals surface area contributed by atoms with Crippen molar-refractivity contribution in [1.82, 2.24) is 0 Å². The Bertz CT molecular complexity index is 635. The second-order valence-corrected chi connectivity index (χ2v) is 4.50. The molecule has 4 heteroatoms. The van der Waals surface area contributed by atoms with Gasteiger partial charge in [-0.1, -0.05) is 53.7 Å². The molecule has 0 radical (unpaired) electrons. The lowest BCUT2D eigenvalue weighted by Gasteiger charge is -2.10. The van der Waals surface area contributed by atoms with Crippen molar-refractivity contribution in [3.05, 3.63) is 71.3 Å². The van der Waals surface area contributed by atoms with Gasteiger partial charge < -0.3 is 10.3 Å². The predicted octanol–water partition coefficient (Wildman–Crippen LogP) is 3.10. The van der Waals surface area contributed by atoms with Crippen molar-refractivity contribution in [3.8, 4) is 0 Å². The van der Waals surface area contributed by atoms with Gasteiger partial charge in [0.1, 0.15) is 5.71 Å². The number of carboxylic acids is 1. The topological polar surface area (TPSA) is 69.9 Å². The minimum atomic E-state index is -0.885. The highest BCUT2D eigenvalue weighted by atomic mass is 16.4. The highest BCUT2D eigenvalue weighted by Gasteiger charge is 2.15. The lowest BCUT2D eigenvalue weighted by molar-refractivity contribution is -0.138. The van der Waals surface area contributed by atoms with Crippen LogP contribution in [0.15, 0.2) is 59.8 Å². The quantitative estimate of drug-likeness (QED) is 0.509. The zero-order chi connectivity index (χ0) is 14.5. The number of hydrogen-bond acceptors (Lipinski definition) is 3. The van der Waals surface area contributed by atoms with E-state index in [2.05, 4.69) is 5.16 Å². The molecule has 20 heavy (non-hydrogen) atoms. The third-order valence-electron chi connectivity index (χ3n) is 3.18. The Hall–Kier alpha value is -2.62. The maximum atomic E-state index is 11.0. The lowest BCUT2D eigenvalue weighted by Crippen LogP contribution is -2.09. The Morgan fingerprint density at radius 2 is 1.70 bits per heavy atom. The molecule has 0 spiro atoms. The van der Waals surface area contributed by atoms with Gasteiger partial charge in [-0.3, -0.25) is 4.79 Å². The van der Waals surface area contributed by atoms with E-state index in [1.165, 1.54) is 0 Å². The SMILES string of the molecule is C[C@H](C(=O)O)c1cccc(/C(=N/O)c2ccccc2)c1. The molecule has 1 atom stereocenters. The number of nitrogens with zero attached hydrogens (tertiary/aromatic N) is 1. The van der Waals surface area contributed by atoms with Gasteiger partial charge in [0.25, 0.3) is 0 Å². The normalized spacial score (nSPS) is 12.9. The lowest BCUT2D eigenvalue weighted by atomic mass is 9.95. The number of benzene rings is 2. The Kier molecular flexibility index (Phi) is 4.15. The maximum absolute atomic E-state index is 11.0. The molecule has 0 aliphatic heterocycles. The summed E-state index contributed by atoms with van der Waals surface area (Å²) in [5, 5.41) is 21.6. The molecular formula is C16H15NO3. The number of oxime groups is 1. The van der Waals surface area contributed by atoms with Crippen molar-refractivity contribution in [2.24, 2.45) is 5.16 Å². The van der Waals surface area contributed by atoms with Gasteiger partial charge in [-0.05, 0) is 18.6 Å². The molecule has 0 unspecified atom stereocenters. The third-order valence-corrected chi connectivity index (χ3v) is 3.18. The molecule has 0 saturated heterocycles. The zero-order valence-electron chi connectivity index (χ0n) is 11.0. The van der Waals surface area contributed by atoms with Crippen LogP contribution in [0.3, 0.4) is 0 Å². The summed E-state index contributed by atoms with van der Waals surface area (Å²) >= 11 is 0. The van der Waals surface area contributed by atoms with Crippen LogP contribution in [-0.4, -0.2) is 22.0 Å². The fraction of sp³-hybridized carbons (Fsp3) is 0.125. The average Bonchev–Trinajstić information content (AvgIpc) is 2.48. The molecule has 0 fully saturated rings. The molecule has 2 rings (SSSR count). The van der Waals surface area contributed by atoms with Crippen molar-refractivity contribution in [3.63, 3.8) is 0 Å². The van der Waals surface area contributed by atoms with Crippen molar-refractivity contribution in [2.75, 3.05) is 0 Å². The predicted molar refractivity (Wildman–Crippen MR) is 76.4 cm³/mol. The maximum Gasteiger partial charge on any atom is 0.310 e. The molecule has 0 saturated carbocycles. The summed E-state index contributed by atoms with van der Waals surface area (Å²) in [4.78, 5) is 11.0. The van der Waals surface area contributed by atoms with Gasteiger partial charge in [0, 0.05) is 11.1 Å². The zero-order valence-corrected chi connectivity index (χ0v) is 11.0. The molecular weight excluding hydrogens is 254 g/mol. The van der Waals surface area contributed by atoms with Gasteiger partial charge in [-0.2, -0.15) is 0 Å². The van der Waals surface area contributed by atoms with E-state index < -0.39 is 11.9 Å². The van der Waals surface area contributed by atoms with Crippen molar-refractivity contribution >= 4 is 11.7 Å². The van der Waals surface area contributed by atoms with Crippen LogP contribution in [0.25, 0.3) is 0 Å². The van der Waals surface area contributed by atoms with Crippen molar-refractivity contribution < 1.29 is 15.1 Å². The molecule has 0 aliphatic rings. The largest absolute Gasteiger partial charge is 0.481 e. The minimum Gasteiger partial charge on any atom is -0.481 e. The second-order valence-electron chi connectivity index (χ2n) is 4.50. The van der Waals surface area contributed by atoms with E-state index in [0.29, 0.717) is 16.8 Å². The van der Waals surface area contributed by atoms with Gasteiger partial charge in [-0.15, -0.1) is 0 Å². The van der Waals surface area contributed by atoms with Crippen LogP contribution >= 0.6 is 0 Å². The smallest absolute Gasteiger partial charge is 0.310 e. The number of hydrogen-bond donors (Lipinski definition) is 2. The Labute approximate surface area is 117 Å². The first kappa shape index (κ1) is 13.8. The van der Waals surface area contributed by atoms with Crippen LogP contribution in [0.4, 0.5) is 0 Å². The summed E-state index contributed by atoms with van der Waals surface area (Å²) in [6.45, 7) is 1.62. The Morgan fingerprint density at radius 3 is 2.30 bits per heavy atom. The second kappa shape index (κ2) is 6.02. The molecule has 0 aliphatic carbocycles. The fourth-order valence-corrected chi connectivity index (χ4v) is 1.98. The highest BCUT2D eigenvalue weighted by Crippen LogP contribution is 2.19. The summed E-state index contributed by atoms with van der Waals surface area (Å²) < 4.78 is 0. The van der Waals surface area contributed by atoms with Gasteiger partial charge in [0.2, 0.25) is 0 Å². The van der Waals surface area contributed by atoms with Gasteiger partial charge in [-0.25, -0.2) is 0 Å². The van der Waals surface area contributed by atoms with Crippen molar-refractivity contribution in [1.29, 1.82) is 0 Å². The molecule has 102 valence electrons. The molecule has 2 aromatic carbocycles. The Morgan fingerprint density at radius 1 is 1.05 bits per heavy atom. The van der Waals surface area contributed by atoms with E-state index in [-0.39, 0.29) is 0 Å². The van der Waals surface area contributed by atoms with E-state index >= 15 is 0 Å². The molecule has 0 aromatic heterocycles. The van der Waals surface area contributed by atoms with Crippen LogP contribution < -0.4 is 0 Å². The third kappa shape index (κ3) is 2.85. The van der Waals surface area contributed by atoms with Crippen LogP contribution in [0.5, 0.6) is 0 Å². The van der Waals surface area contributed by atoms with E-state index in [4.69, 9.17) is 5.11 Å². The van der Waals surface area contributed by atoms with E-state index in [0.717, 1.165) is 5.56 Å². The average molecular weight is 269 g/mol. The molecule has 0 heterocycles. The number of carbonyl (C=O) groups is 1. The Balaban J connectivity index is 2.42. The van der Waals surface area contributed by atoms with Gasteiger partial charge in [0.05, 0.1) is 5.92 Å². The van der Waals surface area contributed by atoms with Crippen molar-refractivity contribution in [2.45, 2.75) is 12.8 Å². The molecule has 2 N–H and O–H groups in total. The van der Waals surface area contributed by atoms with Crippen LogP contribution in [0, 0.1) is 0 Å². The fourth-order valence-electron chi connectivity index (χ4n) is 1.98. The monoisotopic (exact) mass is 269 g/mol. The first-order valence-electron chi connectivity index (χ1n) is 6.24. The summed E-state index contributed by atoms with van der Waals surface area (Å²) in [6, 6.07) is 16.3.